The lowest BCUT2D eigenvalue weighted by atomic mass is 9.74. The minimum absolute atomic E-state index is 0.324. The van der Waals surface area contributed by atoms with Crippen LogP contribution < -0.4 is 10.6 Å². The Hall–Kier alpha value is -1.06. The van der Waals surface area contributed by atoms with Crippen molar-refractivity contribution in [3.05, 3.63) is 0 Å². The summed E-state index contributed by atoms with van der Waals surface area (Å²) in [6.07, 6.45) is 12.0. The molecular formula is C28H50N2O2. The molecule has 2 amide bonds. The Kier molecular flexibility index (Phi) is 9.09. The molecule has 6 atom stereocenters. The second-order valence-electron chi connectivity index (χ2n) is 12.4. The lowest BCUT2D eigenvalue weighted by molar-refractivity contribution is -0.124. The van der Waals surface area contributed by atoms with Gasteiger partial charge in [0.1, 0.15) is 0 Å². The Morgan fingerprint density at radius 1 is 0.594 bits per heavy atom. The lowest BCUT2D eigenvalue weighted by Crippen LogP contribution is -2.46. The molecule has 0 unspecified atom stereocenters. The van der Waals surface area contributed by atoms with Gasteiger partial charge in [0.25, 0.3) is 0 Å². The van der Waals surface area contributed by atoms with Crippen molar-refractivity contribution >= 4 is 11.8 Å². The van der Waals surface area contributed by atoms with E-state index in [9.17, 15) is 9.59 Å². The largest absolute Gasteiger partial charge is 0.353 e. The molecule has 0 bridgehead atoms. The average Bonchev–Trinajstić information content (AvgIpc) is 3.61. The van der Waals surface area contributed by atoms with Crippen LogP contribution >= 0.6 is 0 Å². The van der Waals surface area contributed by atoms with Crippen LogP contribution in [0.1, 0.15) is 106 Å². The second kappa shape index (κ2) is 11.4. The van der Waals surface area contributed by atoms with Gasteiger partial charge in [-0.05, 0) is 86.9 Å². The van der Waals surface area contributed by atoms with Crippen molar-refractivity contribution in [2.24, 2.45) is 47.3 Å². The summed E-state index contributed by atoms with van der Waals surface area (Å²) in [5.41, 5.74) is 0. The third kappa shape index (κ3) is 7.48. The smallest absolute Gasteiger partial charge is 0.223 e. The van der Waals surface area contributed by atoms with Gasteiger partial charge >= 0.3 is 0 Å². The summed E-state index contributed by atoms with van der Waals surface area (Å²) in [6, 6.07) is 0.883. The van der Waals surface area contributed by atoms with Crippen LogP contribution in [0.3, 0.4) is 0 Å². The van der Waals surface area contributed by atoms with Gasteiger partial charge < -0.3 is 10.6 Å². The quantitative estimate of drug-likeness (QED) is 0.530. The molecule has 4 saturated carbocycles. The standard InChI is InChI=1S/2C14H25NO/c2*1-9(2)12-7-4-10(3)8-13(12)15-14(16)11-5-6-11/h2*9-13H,4-8H2,1-3H3,(H,15,16)/t2*10-,12+,13+/m10/s1. The second-order valence-corrected chi connectivity index (χ2v) is 12.4. The van der Waals surface area contributed by atoms with Gasteiger partial charge in [-0.1, -0.05) is 54.4 Å². The highest BCUT2D eigenvalue weighted by molar-refractivity contribution is 5.81. The Morgan fingerprint density at radius 3 is 1.22 bits per heavy atom. The predicted octanol–water partition coefficient (Wildman–Crippen LogP) is 5.95. The normalized spacial score (nSPS) is 35.1. The van der Waals surface area contributed by atoms with E-state index in [4.69, 9.17) is 0 Å². The molecule has 4 fully saturated rings. The van der Waals surface area contributed by atoms with E-state index in [-0.39, 0.29) is 0 Å². The monoisotopic (exact) mass is 446 g/mol. The number of nitrogens with one attached hydrogen (secondary N) is 2. The topological polar surface area (TPSA) is 58.2 Å². The SMILES string of the molecule is CC(C)[C@@H]1CC[C@@H](C)C[C@@H]1NC(=O)C1CC1.CC(C)[C@H]1CC[C@H](C)C[C@H]1NC(=O)C1CC1. The van der Waals surface area contributed by atoms with Gasteiger partial charge in [0, 0.05) is 23.9 Å². The van der Waals surface area contributed by atoms with Crippen LogP contribution in [0.2, 0.25) is 0 Å². The molecule has 0 aromatic rings. The van der Waals surface area contributed by atoms with Crippen LogP contribution in [0.4, 0.5) is 0 Å². The van der Waals surface area contributed by atoms with Crippen molar-refractivity contribution in [2.45, 2.75) is 118 Å². The summed E-state index contributed by atoms with van der Waals surface area (Å²) in [7, 11) is 0. The molecule has 0 heterocycles. The zero-order valence-electron chi connectivity index (χ0n) is 21.7. The maximum Gasteiger partial charge on any atom is 0.223 e. The van der Waals surface area contributed by atoms with Gasteiger partial charge in [0.15, 0.2) is 0 Å². The van der Waals surface area contributed by atoms with E-state index in [1.54, 1.807) is 0 Å². The molecule has 0 saturated heterocycles. The predicted molar refractivity (Wildman–Crippen MR) is 132 cm³/mol. The molecule has 0 radical (unpaired) electrons. The number of rotatable bonds is 6. The van der Waals surface area contributed by atoms with E-state index in [1.165, 1.54) is 38.5 Å². The van der Waals surface area contributed by atoms with E-state index >= 15 is 0 Å². The van der Waals surface area contributed by atoms with Crippen LogP contribution in [0.25, 0.3) is 0 Å². The number of hydrogen-bond donors (Lipinski definition) is 2. The van der Waals surface area contributed by atoms with Gasteiger partial charge in [0.05, 0.1) is 0 Å². The van der Waals surface area contributed by atoms with E-state index in [1.807, 2.05) is 0 Å². The molecule has 4 aliphatic carbocycles. The zero-order chi connectivity index (χ0) is 23.4. The Morgan fingerprint density at radius 2 is 0.938 bits per heavy atom. The molecule has 0 aromatic heterocycles. The summed E-state index contributed by atoms with van der Waals surface area (Å²) in [4.78, 5) is 23.7. The molecule has 184 valence electrons. The fourth-order valence-electron chi connectivity index (χ4n) is 6.03. The number of carbonyl (C=O) groups is 2. The van der Waals surface area contributed by atoms with Crippen molar-refractivity contribution in [1.29, 1.82) is 0 Å². The van der Waals surface area contributed by atoms with Crippen LogP contribution in [-0.4, -0.2) is 23.9 Å². The highest BCUT2D eigenvalue weighted by atomic mass is 16.2. The van der Waals surface area contributed by atoms with Crippen LogP contribution in [0, 0.1) is 47.3 Å². The van der Waals surface area contributed by atoms with E-state index < -0.39 is 0 Å². The van der Waals surface area contributed by atoms with Crippen LogP contribution in [0.5, 0.6) is 0 Å². The molecule has 0 aliphatic heterocycles. The van der Waals surface area contributed by atoms with Crippen molar-refractivity contribution < 1.29 is 9.59 Å². The Labute approximate surface area is 197 Å². The molecule has 0 aromatic carbocycles. The van der Waals surface area contributed by atoms with Gasteiger partial charge in [-0.25, -0.2) is 0 Å². The maximum absolute atomic E-state index is 11.8. The Balaban J connectivity index is 0.000000181. The first kappa shape index (κ1) is 25.6. The molecule has 4 nitrogen and oxygen atoms in total. The fraction of sp³-hybridized carbons (Fsp3) is 0.929. The summed E-state index contributed by atoms with van der Waals surface area (Å²) in [5.74, 6) is 5.68. The van der Waals surface area contributed by atoms with Crippen molar-refractivity contribution in [3.63, 3.8) is 0 Å². The van der Waals surface area contributed by atoms with E-state index in [0.29, 0.717) is 59.4 Å². The van der Waals surface area contributed by atoms with Gasteiger partial charge in [-0.15, -0.1) is 0 Å². The highest BCUT2D eigenvalue weighted by Gasteiger charge is 2.37. The van der Waals surface area contributed by atoms with Crippen molar-refractivity contribution in [1.82, 2.24) is 10.6 Å². The minimum Gasteiger partial charge on any atom is -0.353 e. The summed E-state index contributed by atoms with van der Waals surface area (Å²) in [6.45, 7) is 13.8. The van der Waals surface area contributed by atoms with Gasteiger partial charge in [-0.2, -0.15) is 0 Å². The van der Waals surface area contributed by atoms with E-state index in [0.717, 1.165) is 37.5 Å². The summed E-state index contributed by atoms with van der Waals surface area (Å²) in [5, 5.41) is 6.61. The average molecular weight is 447 g/mol. The van der Waals surface area contributed by atoms with Crippen molar-refractivity contribution in [2.75, 3.05) is 0 Å². The molecule has 4 rings (SSSR count). The first-order valence-electron chi connectivity index (χ1n) is 13.8. The lowest BCUT2D eigenvalue weighted by Gasteiger charge is -2.37. The summed E-state index contributed by atoms with van der Waals surface area (Å²) >= 11 is 0. The first-order valence-corrected chi connectivity index (χ1v) is 13.8. The molecular weight excluding hydrogens is 396 g/mol. The summed E-state index contributed by atoms with van der Waals surface area (Å²) < 4.78 is 0. The van der Waals surface area contributed by atoms with Crippen LogP contribution in [0.15, 0.2) is 0 Å². The molecule has 32 heavy (non-hydrogen) atoms. The highest BCUT2D eigenvalue weighted by Crippen LogP contribution is 2.36. The zero-order valence-corrected chi connectivity index (χ0v) is 21.7. The minimum atomic E-state index is 0.324. The van der Waals surface area contributed by atoms with Gasteiger partial charge in [-0.3, -0.25) is 9.59 Å². The maximum atomic E-state index is 11.8. The molecule has 2 N–H and O–H groups in total. The van der Waals surface area contributed by atoms with Gasteiger partial charge in [0.2, 0.25) is 11.8 Å². The third-order valence-electron chi connectivity index (χ3n) is 8.60. The fourth-order valence-corrected chi connectivity index (χ4v) is 6.03. The first-order chi connectivity index (χ1) is 15.2. The van der Waals surface area contributed by atoms with Crippen LogP contribution in [-0.2, 0) is 9.59 Å². The number of amides is 2. The van der Waals surface area contributed by atoms with E-state index in [2.05, 4.69) is 52.2 Å². The molecule has 4 aliphatic rings. The third-order valence-corrected chi connectivity index (χ3v) is 8.60. The molecule has 4 heteroatoms. The number of carbonyl (C=O) groups excluding carboxylic acids is 2. The number of hydrogen-bond acceptors (Lipinski definition) is 2. The molecule has 0 spiro atoms. The van der Waals surface area contributed by atoms with Crippen molar-refractivity contribution in [3.8, 4) is 0 Å². The Bertz CT molecular complexity index is 569.